The topological polar surface area (TPSA) is 168 Å². The first-order valence-electron chi connectivity index (χ1n) is 7.18. The van der Waals surface area contributed by atoms with Gasteiger partial charge in [0.2, 0.25) is 6.79 Å². The van der Waals surface area contributed by atoms with Crippen LogP contribution < -0.4 is 9.47 Å². The predicted octanol–water partition coefficient (Wildman–Crippen LogP) is 1.89. The van der Waals surface area contributed by atoms with Crippen LogP contribution in [-0.4, -0.2) is 51.1 Å². The van der Waals surface area contributed by atoms with Gasteiger partial charge in [0.15, 0.2) is 0 Å². The van der Waals surface area contributed by atoms with Gasteiger partial charge in [-0.05, 0) is 24.3 Å². The molecule has 0 saturated carbocycles. The van der Waals surface area contributed by atoms with Crippen molar-refractivity contribution in [3.8, 4) is 11.5 Å². The summed E-state index contributed by atoms with van der Waals surface area (Å²) in [4.78, 5) is 44.9. The third-order valence-corrected chi connectivity index (χ3v) is 3.37. The standard InChI is InChI=1S/C17H12O10/c18-14(19)8-3-1-5-10(12(8)16(22)23)26-7-27-11-6-2-4-9(15(20)21)13(11)17(24)25/h1-6H,7H2,(H,18,19)(H,20,21)(H,22,23)(H,24,25). The Morgan fingerprint density at radius 2 is 1.00 bits per heavy atom. The number of benzene rings is 2. The molecular formula is C17H12O10. The van der Waals surface area contributed by atoms with Crippen molar-refractivity contribution in [3.05, 3.63) is 58.7 Å². The Morgan fingerprint density at radius 1 is 0.630 bits per heavy atom. The molecule has 140 valence electrons. The van der Waals surface area contributed by atoms with Crippen LogP contribution in [0.15, 0.2) is 36.4 Å². The van der Waals surface area contributed by atoms with E-state index in [0.29, 0.717) is 0 Å². The lowest BCUT2D eigenvalue weighted by molar-refractivity contribution is 0.0627. The summed E-state index contributed by atoms with van der Waals surface area (Å²) < 4.78 is 10.2. The van der Waals surface area contributed by atoms with Gasteiger partial charge < -0.3 is 29.9 Å². The predicted molar refractivity (Wildman–Crippen MR) is 86.8 cm³/mol. The summed E-state index contributed by atoms with van der Waals surface area (Å²) in [7, 11) is 0. The summed E-state index contributed by atoms with van der Waals surface area (Å²) in [6.45, 7) is -0.688. The second-order valence-corrected chi connectivity index (χ2v) is 4.98. The highest BCUT2D eigenvalue weighted by Gasteiger charge is 2.23. The molecule has 0 aliphatic heterocycles. The molecule has 27 heavy (non-hydrogen) atoms. The van der Waals surface area contributed by atoms with E-state index in [1.165, 1.54) is 24.3 Å². The highest BCUT2D eigenvalue weighted by atomic mass is 16.7. The molecule has 0 fully saturated rings. The summed E-state index contributed by atoms with van der Waals surface area (Å²) in [5, 5.41) is 36.5. The minimum absolute atomic E-state index is 0.311. The zero-order valence-corrected chi connectivity index (χ0v) is 13.4. The van der Waals surface area contributed by atoms with Gasteiger partial charge in [0, 0.05) is 0 Å². The zero-order chi connectivity index (χ0) is 20.1. The molecule has 0 radical (unpaired) electrons. The second kappa shape index (κ2) is 7.87. The lowest BCUT2D eigenvalue weighted by Crippen LogP contribution is -2.15. The van der Waals surface area contributed by atoms with Crippen LogP contribution in [0.3, 0.4) is 0 Å². The Labute approximate surface area is 150 Å². The number of carboxylic acids is 4. The fraction of sp³-hybridized carbons (Fsp3) is 0.0588. The molecule has 0 heterocycles. The summed E-state index contributed by atoms with van der Waals surface area (Å²) in [5.74, 6) is -6.64. The lowest BCUT2D eigenvalue weighted by atomic mass is 10.1. The first-order chi connectivity index (χ1) is 12.7. The molecule has 10 heteroatoms. The molecule has 2 rings (SSSR count). The molecule has 10 nitrogen and oxygen atoms in total. The van der Waals surface area contributed by atoms with Crippen LogP contribution in [0.25, 0.3) is 0 Å². The Hall–Kier alpha value is -4.08. The van der Waals surface area contributed by atoms with Crippen molar-refractivity contribution in [1.82, 2.24) is 0 Å². The van der Waals surface area contributed by atoms with Crippen LogP contribution in [-0.2, 0) is 0 Å². The van der Waals surface area contributed by atoms with E-state index >= 15 is 0 Å². The molecule has 4 N–H and O–H groups in total. The van der Waals surface area contributed by atoms with E-state index in [-0.39, 0.29) is 11.5 Å². The molecule has 0 atom stereocenters. The molecule has 0 aliphatic rings. The smallest absolute Gasteiger partial charge is 0.340 e. The molecule has 0 spiro atoms. The number of rotatable bonds is 8. The van der Waals surface area contributed by atoms with Gasteiger partial charge in [-0.1, -0.05) is 12.1 Å². The third kappa shape index (κ3) is 4.12. The van der Waals surface area contributed by atoms with E-state index in [0.717, 1.165) is 12.1 Å². The monoisotopic (exact) mass is 376 g/mol. The van der Waals surface area contributed by atoms with Crippen molar-refractivity contribution in [2.75, 3.05) is 6.79 Å². The van der Waals surface area contributed by atoms with Crippen LogP contribution in [0.1, 0.15) is 41.4 Å². The minimum atomic E-state index is -1.54. The normalized spacial score (nSPS) is 10.1. The number of aromatic carboxylic acids is 4. The van der Waals surface area contributed by atoms with Crippen LogP contribution >= 0.6 is 0 Å². The van der Waals surface area contributed by atoms with E-state index in [1.807, 2.05) is 0 Å². The SMILES string of the molecule is O=C(O)c1cccc(OCOc2cccc(C(=O)O)c2C(=O)O)c1C(=O)O. The fourth-order valence-corrected chi connectivity index (χ4v) is 2.26. The van der Waals surface area contributed by atoms with Gasteiger partial charge in [-0.25, -0.2) is 19.2 Å². The molecule has 2 aromatic rings. The molecule has 2 aromatic carbocycles. The van der Waals surface area contributed by atoms with Crippen molar-refractivity contribution in [2.45, 2.75) is 0 Å². The first kappa shape index (κ1) is 19.2. The van der Waals surface area contributed by atoms with E-state index in [9.17, 15) is 29.4 Å². The van der Waals surface area contributed by atoms with Crippen LogP contribution in [0.5, 0.6) is 11.5 Å². The summed E-state index contributed by atoms with van der Waals surface area (Å²) >= 11 is 0. The number of ether oxygens (including phenoxy) is 2. The zero-order valence-electron chi connectivity index (χ0n) is 13.4. The Morgan fingerprint density at radius 3 is 1.30 bits per heavy atom. The van der Waals surface area contributed by atoms with Crippen molar-refractivity contribution in [1.29, 1.82) is 0 Å². The minimum Gasteiger partial charge on any atom is -0.478 e. The van der Waals surface area contributed by atoms with Gasteiger partial charge in [0.05, 0.1) is 11.1 Å². The largest absolute Gasteiger partial charge is 0.478 e. The molecule has 0 bridgehead atoms. The average molecular weight is 376 g/mol. The van der Waals surface area contributed by atoms with Crippen molar-refractivity contribution < 1.29 is 49.1 Å². The van der Waals surface area contributed by atoms with Crippen LogP contribution in [0.2, 0.25) is 0 Å². The molecule has 0 unspecified atom stereocenters. The second-order valence-electron chi connectivity index (χ2n) is 4.98. The Kier molecular flexibility index (Phi) is 5.61. The van der Waals surface area contributed by atoms with Gasteiger partial charge in [0.25, 0.3) is 0 Å². The van der Waals surface area contributed by atoms with E-state index < -0.39 is 52.9 Å². The highest BCUT2D eigenvalue weighted by molar-refractivity contribution is 6.04. The fourth-order valence-electron chi connectivity index (χ4n) is 2.26. The maximum absolute atomic E-state index is 11.3. The summed E-state index contributed by atoms with van der Waals surface area (Å²) in [6, 6.07) is 7.09. The number of carbonyl (C=O) groups is 4. The Balaban J connectivity index is 2.28. The first-order valence-corrected chi connectivity index (χ1v) is 7.18. The van der Waals surface area contributed by atoms with E-state index in [2.05, 4.69) is 0 Å². The maximum atomic E-state index is 11.3. The Bertz CT molecular complexity index is 856. The number of hydrogen-bond acceptors (Lipinski definition) is 6. The van der Waals surface area contributed by atoms with Gasteiger partial charge in [-0.3, -0.25) is 0 Å². The van der Waals surface area contributed by atoms with Crippen molar-refractivity contribution in [3.63, 3.8) is 0 Å². The maximum Gasteiger partial charge on any atom is 0.340 e. The molecular weight excluding hydrogens is 364 g/mol. The van der Waals surface area contributed by atoms with Gasteiger partial charge >= 0.3 is 23.9 Å². The van der Waals surface area contributed by atoms with Crippen LogP contribution in [0.4, 0.5) is 0 Å². The third-order valence-electron chi connectivity index (χ3n) is 3.37. The molecule has 0 aromatic heterocycles. The van der Waals surface area contributed by atoms with Crippen molar-refractivity contribution in [2.24, 2.45) is 0 Å². The molecule has 0 saturated heterocycles. The number of carboxylic acid groups (broad SMARTS) is 4. The van der Waals surface area contributed by atoms with Crippen LogP contribution in [0, 0.1) is 0 Å². The molecule has 0 aliphatic carbocycles. The molecule has 0 amide bonds. The summed E-state index contributed by atoms with van der Waals surface area (Å²) in [5.41, 5.74) is -2.21. The van der Waals surface area contributed by atoms with Crippen molar-refractivity contribution >= 4 is 23.9 Å². The van der Waals surface area contributed by atoms with Gasteiger partial charge in [0.1, 0.15) is 22.6 Å². The van der Waals surface area contributed by atoms with Gasteiger partial charge in [-0.15, -0.1) is 0 Å². The summed E-state index contributed by atoms with van der Waals surface area (Å²) in [6.07, 6.45) is 0. The van der Waals surface area contributed by atoms with Gasteiger partial charge in [-0.2, -0.15) is 0 Å². The quantitative estimate of drug-likeness (QED) is 0.499. The van der Waals surface area contributed by atoms with E-state index in [1.54, 1.807) is 0 Å². The average Bonchev–Trinajstić information content (AvgIpc) is 2.60. The lowest BCUT2D eigenvalue weighted by Gasteiger charge is -2.14. The number of hydrogen-bond donors (Lipinski definition) is 4. The van der Waals surface area contributed by atoms with E-state index in [4.69, 9.17) is 19.7 Å². The highest BCUT2D eigenvalue weighted by Crippen LogP contribution is 2.25.